The van der Waals surface area contributed by atoms with Gasteiger partial charge in [-0.1, -0.05) is 6.92 Å². The minimum absolute atomic E-state index is 0.0862. The highest BCUT2D eigenvalue weighted by Crippen LogP contribution is 2.45. The van der Waals surface area contributed by atoms with Gasteiger partial charge in [0.25, 0.3) is 5.91 Å². The number of carbonyl (C=O) groups excluding carboxylic acids is 1. The summed E-state index contributed by atoms with van der Waals surface area (Å²) in [5, 5.41) is 9.39. The second-order valence-corrected chi connectivity index (χ2v) is 9.95. The number of aromatic nitrogens is 1. The van der Waals surface area contributed by atoms with Crippen LogP contribution in [-0.2, 0) is 21.8 Å². The van der Waals surface area contributed by atoms with E-state index < -0.39 is 27.5 Å². The highest BCUT2D eigenvalue weighted by Gasteiger charge is 2.45. The Balaban J connectivity index is 1.80. The van der Waals surface area contributed by atoms with Crippen LogP contribution < -0.4 is 14.4 Å². The number of anilines is 1. The van der Waals surface area contributed by atoms with E-state index in [1.807, 2.05) is 0 Å². The van der Waals surface area contributed by atoms with Crippen LogP contribution in [-0.4, -0.2) is 31.4 Å². The molecular formula is C20H17F2N3O5S. The van der Waals surface area contributed by atoms with Crippen molar-refractivity contribution in [3.05, 3.63) is 41.1 Å². The van der Waals surface area contributed by atoms with Crippen molar-refractivity contribution in [2.24, 2.45) is 0 Å². The average molecular weight is 449 g/mol. The van der Waals surface area contributed by atoms with Crippen LogP contribution in [0.15, 0.2) is 29.3 Å². The fourth-order valence-electron chi connectivity index (χ4n) is 3.36. The van der Waals surface area contributed by atoms with Crippen LogP contribution in [0.5, 0.6) is 11.5 Å². The molecule has 3 heterocycles. The molecule has 1 aromatic heterocycles. The van der Waals surface area contributed by atoms with Gasteiger partial charge in [-0.05, 0) is 43.2 Å². The van der Waals surface area contributed by atoms with E-state index in [0.717, 1.165) is 11.0 Å². The van der Waals surface area contributed by atoms with Crippen LogP contribution in [0, 0.1) is 11.3 Å². The first kappa shape index (κ1) is 21.0. The van der Waals surface area contributed by atoms with E-state index in [4.69, 9.17) is 0 Å². The van der Waals surface area contributed by atoms with Gasteiger partial charge in [-0.25, -0.2) is 13.4 Å². The number of nitriles is 1. The van der Waals surface area contributed by atoms with Crippen LogP contribution in [0.25, 0.3) is 0 Å². The molecule has 0 aliphatic carbocycles. The molecule has 2 aliphatic rings. The molecule has 0 saturated heterocycles. The number of hydrogen-bond acceptors (Lipinski definition) is 7. The molecule has 0 N–H and O–H groups in total. The Bertz CT molecular complexity index is 1270. The van der Waals surface area contributed by atoms with E-state index in [2.05, 4.69) is 20.5 Å². The number of sulfone groups is 1. The molecule has 0 saturated carbocycles. The maximum absolute atomic E-state index is 13.3. The van der Waals surface area contributed by atoms with Crippen molar-refractivity contribution in [2.45, 2.75) is 43.9 Å². The number of halogens is 2. The van der Waals surface area contributed by atoms with Gasteiger partial charge < -0.3 is 9.47 Å². The summed E-state index contributed by atoms with van der Waals surface area (Å²) in [7, 11) is -3.81. The molecule has 2 aromatic rings. The molecule has 0 radical (unpaired) electrons. The first-order chi connectivity index (χ1) is 14.4. The topological polar surface area (TPSA) is 110 Å². The first-order valence-electron chi connectivity index (χ1n) is 9.27. The Morgan fingerprint density at radius 3 is 2.52 bits per heavy atom. The number of rotatable bonds is 4. The minimum atomic E-state index is -3.81. The third-order valence-electron chi connectivity index (χ3n) is 5.24. The fourth-order valence-corrected chi connectivity index (χ4v) is 4.42. The maximum atomic E-state index is 13.3. The first-order valence-corrected chi connectivity index (χ1v) is 10.9. The van der Waals surface area contributed by atoms with Gasteiger partial charge in [-0.15, -0.1) is 8.78 Å². The maximum Gasteiger partial charge on any atom is 0.586 e. The van der Waals surface area contributed by atoms with Gasteiger partial charge in [0.05, 0.1) is 23.8 Å². The Kier molecular flexibility index (Phi) is 4.48. The van der Waals surface area contributed by atoms with Crippen molar-refractivity contribution < 1.29 is 31.5 Å². The predicted molar refractivity (Wildman–Crippen MR) is 104 cm³/mol. The Hall–Kier alpha value is -3.26. The molecule has 4 rings (SSSR count). The number of alkyl halides is 2. The summed E-state index contributed by atoms with van der Waals surface area (Å²) in [4.78, 5) is 18.2. The van der Waals surface area contributed by atoms with Crippen LogP contribution in [0.3, 0.4) is 0 Å². The SMILES string of the molecule is CCS(=O)(=O)c1cc(C(C)(C)C#N)cnc1N1Cc2cc3c(cc2C1=O)OC(F)(F)O3. The molecular weight excluding hydrogens is 432 g/mol. The highest BCUT2D eigenvalue weighted by atomic mass is 32.2. The molecule has 0 fully saturated rings. The van der Waals surface area contributed by atoms with Gasteiger partial charge in [0.15, 0.2) is 27.2 Å². The van der Waals surface area contributed by atoms with E-state index in [9.17, 15) is 27.3 Å². The quantitative estimate of drug-likeness (QED) is 0.705. The van der Waals surface area contributed by atoms with Gasteiger partial charge in [-0.2, -0.15) is 5.26 Å². The molecule has 162 valence electrons. The molecule has 8 nitrogen and oxygen atoms in total. The lowest BCUT2D eigenvalue weighted by molar-refractivity contribution is -0.286. The van der Waals surface area contributed by atoms with Crippen LogP contribution >= 0.6 is 0 Å². The van der Waals surface area contributed by atoms with Crippen molar-refractivity contribution in [2.75, 3.05) is 10.7 Å². The minimum Gasteiger partial charge on any atom is -0.395 e. The lowest BCUT2D eigenvalue weighted by atomic mass is 9.88. The number of pyridine rings is 1. The summed E-state index contributed by atoms with van der Waals surface area (Å²) in [6.45, 7) is 4.62. The summed E-state index contributed by atoms with van der Waals surface area (Å²) < 4.78 is 61.0. The van der Waals surface area contributed by atoms with Crippen molar-refractivity contribution in [3.8, 4) is 17.6 Å². The number of ether oxygens (including phenoxy) is 2. The Labute approximate surface area is 176 Å². The number of benzene rings is 1. The summed E-state index contributed by atoms with van der Waals surface area (Å²) in [6, 6.07) is 5.86. The number of nitrogens with zero attached hydrogens (tertiary/aromatic N) is 3. The second-order valence-electron chi connectivity index (χ2n) is 7.70. The number of hydrogen-bond donors (Lipinski definition) is 0. The summed E-state index contributed by atoms with van der Waals surface area (Å²) in [5.41, 5.74) is -0.156. The molecule has 0 spiro atoms. The Morgan fingerprint density at radius 2 is 1.90 bits per heavy atom. The largest absolute Gasteiger partial charge is 0.586 e. The van der Waals surface area contributed by atoms with E-state index in [1.54, 1.807) is 13.8 Å². The molecule has 1 aromatic carbocycles. The lowest BCUT2D eigenvalue weighted by Crippen LogP contribution is -2.28. The van der Waals surface area contributed by atoms with E-state index >= 15 is 0 Å². The molecule has 0 unspecified atom stereocenters. The molecule has 2 aliphatic heterocycles. The molecule has 0 bridgehead atoms. The van der Waals surface area contributed by atoms with Crippen LogP contribution in [0.1, 0.15) is 42.3 Å². The van der Waals surface area contributed by atoms with Crippen molar-refractivity contribution in [1.29, 1.82) is 5.26 Å². The number of amides is 1. The van der Waals surface area contributed by atoms with E-state index in [0.29, 0.717) is 11.1 Å². The van der Waals surface area contributed by atoms with Gasteiger partial charge in [0.2, 0.25) is 0 Å². The monoisotopic (exact) mass is 449 g/mol. The summed E-state index contributed by atoms with van der Waals surface area (Å²) >= 11 is 0. The predicted octanol–water partition coefficient (Wildman–Crippen LogP) is 3.16. The smallest absolute Gasteiger partial charge is 0.395 e. The fraction of sp³-hybridized carbons (Fsp3) is 0.350. The average Bonchev–Trinajstić information content (AvgIpc) is 3.19. The van der Waals surface area contributed by atoms with Crippen molar-refractivity contribution >= 4 is 21.6 Å². The molecule has 31 heavy (non-hydrogen) atoms. The van der Waals surface area contributed by atoms with Crippen molar-refractivity contribution in [1.82, 2.24) is 4.98 Å². The van der Waals surface area contributed by atoms with Gasteiger partial charge in [-0.3, -0.25) is 9.69 Å². The van der Waals surface area contributed by atoms with E-state index in [-0.39, 0.29) is 40.1 Å². The lowest BCUT2D eigenvalue weighted by Gasteiger charge is -2.22. The van der Waals surface area contributed by atoms with Gasteiger partial charge in [0, 0.05) is 11.8 Å². The molecule has 11 heteroatoms. The zero-order valence-electron chi connectivity index (χ0n) is 16.8. The standard InChI is InChI=1S/C20H17F2N3O5S/c1-4-31(27,28)16-6-12(19(2,3)10-23)8-24-17(16)25-9-11-5-14-15(7-13(11)18(25)26)30-20(21,22)29-14/h5-8H,4,9H2,1-3H3. The zero-order chi connectivity index (χ0) is 22.8. The summed E-state index contributed by atoms with van der Waals surface area (Å²) in [6.07, 6.45) is -2.45. The molecule has 0 atom stereocenters. The van der Waals surface area contributed by atoms with Gasteiger partial charge in [0.1, 0.15) is 4.90 Å². The number of carbonyl (C=O) groups is 1. The number of fused-ring (bicyclic) bond motifs is 2. The molecule has 1 amide bonds. The third-order valence-corrected chi connectivity index (χ3v) is 6.97. The normalized spacial score (nSPS) is 16.9. The Morgan fingerprint density at radius 1 is 1.26 bits per heavy atom. The van der Waals surface area contributed by atoms with E-state index in [1.165, 1.54) is 25.3 Å². The van der Waals surface area contributed by atoms with Crippen molar-refractivity contribution in [3.63, 3.8) is 0 Å². The third kappa shape index (κ3) is 3.37. The highest BCUT2D eigenvalue weighted by molar-refractivity contribution is 7.91. The summed E-state index contributed by atoms with van der Waals surface area (Å²) in [5.74, 6) is -1.42. The van der Waals surface area contributed by atoms with Crippen LogP contribution in [0.4, 0.5) is 14.6 Å². The van der Waals surface area contributed by atoms with Gasteiger partial charge >= 0.3 is 6.29 Å². The second kappa shape index (κ2) is 6.62. The zero-order valence-corrected chi connectivity index (χ0v) is 17.6. The van der Waals surface area contributed by atoms with Crippen LogP contribution in [0.2, 0.25) is 0 Å².